The quantitative estimate of drug-likeness (QED) is 0.535. The normalized spacial score (nSPS) is 17.0. The van der Waals surface area contributed by atoms with Crippen LogP contribution < -0.4 is 10.6 Å². The van der Waals surface area contributed by atoms with Gasteiger partial charge in [-0.15, -0.1) is 0 Å². The van der Waals surface area contributed by atoms with Crippen LogP contribution >= 0.6 is 22.6 Å². The Labute approximate surface area is 152 Å². The number of nitrogens with one attached hydrogen (secondary N) is 2. The van der Waals surface area contributed by atoms with Gasteiger partial charge >= 0.3 is 18.0 Å². The molecule has 1 atom stereocenters. The molecule has 1 heterocycles. The molecule has 2 rings (SSSR count). The van der Waals surface area contributed by atoms with E-state index in [2.05, 4.69) is 33.2 Å². The number of halogens is 1. The number of rotatable bonds is 5. The van der Waals surface area contributed by atoms with Crippen molar-refractivity contribution in [1.29, 1.82) is 0 Å². The van der Waals surface area contributed by atoms with Crippen molar-refractivity contribution in [2.75, 3.05) is 13.2 Å². The minimum atomic E-state index is -0.558. The van der Waals surface area contributed by atoms with Gasteiger partial charge in [0.2, 0.25) is 0 Å². The smallest absolute Gasteiger partial charge is 0.338 e. The highest BCUT2D eigenvalue weighted by atomic mass is 127. The van der Waals surface area contributed by atoms with Gasteiger partial charge in [0, 0.05) is 3.57 Å². The highest BCUT2D eigenvalue weighted by molar-refractivity contribution is 14.1. The lowest BCUT2D eigenvalue weighted by Gasteiger charge is -2.26. The molecule has 128 valence electrons. The van der Waals surface area contributed by atoms with Crippen LogP contribution in [0.4, 0.5) is 4.79 Å². The van der Waals surface area contributed by atoms with Crippen molar-refractivity contribution in [3.8, 4) is 0 Å². The minimum absolute atomic E-state index is 0.207. The molecule has 0 aliphatic carbocycles. The van der Waals surface area contributed by atoms with E-state index in [0.29, 0.717) is 5.56 Å². The van der Waals surface area contributed by atoms with Gasteiger partial charge in [-0.1, -0.05) is 6.07 Å². The predicted octanol–water partition coefficient (Wildman–Crippen LogP) is 1.97. The van der Waals surface area contributed by atoms with Gasteiger partial charge in [0.25, 0.3) is 0 Å². The summed E-state index contributed by atoms with van der Waals surface area (Å²) in [5.74, 6) is -1.09. The van der Waals surface area contributed by atoms with E-state index in [1.807, 2.05) is 6.07 Å². The number of carbonyl (C=O) groups excluding carboxylic acids is 3. The Bertz CT molecular complexity index is 701. The Kier molecular flexibility index (Phi) is 6.18. The number of ether oxygens (including phenoxy) is 2. The average molecular weight is 444 g/mol. The predicted molar refractivity (Wildman–Crippen MR) is 94.2 cm³/mol. The number of carbonyl (C=O) groups is 3. The van der Waals surface area contributed by atoms with Gasteiger partial charge in [0.1, 0.15) is 6.61 Å². The molecule has 7 nitrogen and oxygen atoms in total. The maximum Gasteiger partial charge on any atom is 0.338 e. The molecular formula is C16H17IN2O5. The van der Waals surface area contributed by atoms with Crippen molar-refractivity contribution < 1.29 is 23.9 Å². The molecule has 2 amide bonds. The molecule has 0 saturated heterocycles. The zero-order valence-electron chi connectivity index (χ0n) is 13.2. The molecular weight excluding hydrogens is 427 g/mol. The van der Waals surface area contributed by atoms with E-state index in [-0.39, 0.29) is 24.5 Å². The standard InChI is InChI=1S/C16H17IN2O5/c1-3-23-15(21)13-9(2)18-16(22)19-12(13)8-24-14(20)10-5-4-6-11(17)7-10/h4-7,9H,3,8H2,1-2H3,(H2,18,19,22). The van der Waals surface area contributed by atoms with Crippen LogP contribution in [0.5, 0.6) is 0 Å². The van der Waals surface area contributed by atoms with E-state index in [1.54, 1.807) is 32.0 Å². The van der Waals surface area contributed by atoms with Gasteiger partial charge in [-0.05, 0) is 54.6 Å². The zero-order chi connectivity index (χ0) is 17.7. The Morgan fingerprint density at radius 3 is 2.67 bits per heavy atom. The number of hydrogen-bond acceptors (Lipinski definition) is 5. The monoisotopic (exact) mass is 444 g/mol. The molecule has 0 spiro atoms. The van der Waals surface area contributed by atoms with Gasteiger partial charge in [-0.2, -0.15) is 0 Å². The van der Waals surface area contributed by atoms with Crippen molar-refractivity contribution in [2.45, 2.75) is 19.9 Å². The van der Waals surface area contributed by atoms with E-state index in [0.717, 1.165) is 3.57 Å². The third kappa shape index (κ3) is 4.47. The molecule has 1 aliphatic rings. The second-order valence-corrected chi connectivity index (χ2v) is 6.26. The summed E-state index contributed by atoms with van der Waals surface area (Å²) >= 11 is 2.09. The van der Waals surface area contributed by atoms with Crippen molar-refractivity contribution in [1.82, 2.24) is 10.6 Å². The van der Waals surface area contributed by atoms with Gasteiger partial charge in [0.15, 0.2) is 0 Å². The fraction of sp³-hybridized carbons (Fsp3) is 0.312. The number of hydrogen-bond donors (Lipinski definition) is 2. The Balaban J connectivity index is 2.17. The highest BCUT2D eigenvalue weighted by Gasteiger charge is 2.30. The second kappa shape index (κ2) is 8.13. The van der Waals surface area contributed by atoms with Crippen LogP contribution in [0.3, 0.4) is 0 Å². The largest absolute Gasteiger partial charge is 0.463 e. The first-order valence-electron chi connectivity index (χ1n) is 7.32. The Morgan fingerprint density at radius 1 is 1.25 bits per heavy atom. The summed E-state index contributed by atoms with van der Waals surface area (Å²) in [6, 6.07) is 5.92. The summed E-state index contributed by atoms with van der Waals surface area (Å²) in [5.41, 5.74) is 0.865. The van der Waals surface area contributed by atoms with Crippen LogP contribution in [-0.2, 0) is 14.3 Å². The Hall–Kier alpha value is -2.10. The van der Waals surface area contributed by atoms with Crippen LogP contribution in [0.25, 0.3) is 0 Å². The molecule has 1 aromatic carbocycles. The van der Waals surface area contributed by atoms with Crippen LogP contribution in [0, 0.1) is 3.57 Å². The van der Waals surface area contributed by atoms with Crippen molar-refractivity contribution in [3.63, 3.8) is 0 Å². The van der Waals surface area contributed by atoms with E-state index in [1.165, 1.54) is 0 Å². The summed E-state index contributed by atoms with van der Waals surface area (Å²) in [4.78, 5) is 35.8. The van der Waals surface area contributed by atoms with Gasteiger partial charge in [-0.3, -0.25) is 0 Å². The first kappa shape index (κ1) is 18.2. The van der Waals surface area contributed by atoms with Crippen molar-refractivity contribution in [3.05, 3.63) is 44.7 Å². The minimum Gasteiger partial charge on any atom is -0.463 e. The zero-order valence-corrected chi connectivity index (χ0v) is 15.4. The molecule has 0 radical (unpaired) electrons. The van der Waals surface area contributed by atoms with E-state index < -0.39 is 24.0 Å². The van der Waals surface area contributed by atoms with Crippen LogP contribution in [0.2, 0.25) is 0 Å². The SMILES string of the molecule is CCOC(=O)C1=C(COC(=O)c2cccc(I)c2)NC(=O)NC1C. The summed E-state index contributed by atoms with van der Waals surface area (Å²) in [5, 5.41) is 5.08. The molecule has 1 aromatic rings. The Morgan fingerprint density at radius 2 is 2.00 bits per heavy atom. The maximum atomic E-state index is 12.1. The fourth-order valence-corrected chi connectivity index (χ4v) is 2.77. The van der Waals surface area contributed by atoms with Crippen molar-refractivity contribution in [2.24, 2.45) is 0 Å². The first-order chi connectivity index (χ1) is 11.4. The summed E-state index contributed by atoms with van der Waals surface area (Å²) < 4.78 is 11.1. The molecule has 2 N–H and O–H groups in total. The third-order valence-electron chi connectivity index (χ3n) is 3.27. The fourth-order valence-electron chi connectivity index (χ4n) is 2.23. The molecule has 1 aliphatic heterocycles. The van der Waals surface area contributed by atoms with E-state index >= 15 is 0 Å². The maximum absolute atomic E-state index is 12.1. The number of esters is 2. The highest BCUT2D eigenvalue weighted by Crippen LogP contribution is 2.16. The van der Waals surface area contributed by atoms with Crippen LogP contribution in [-0.4, -0.2) is 37.2 Å². The number of amides is 2. The lowest BCUT2D eigenvalue weighted by molar-refractivity contribution is -0.139. The molecule has 0 bridgehead atoms. The molecule has 1 unspecified atom stereocenters. The molecule has 0 aromatic heterocycles. The lowest BCUT2D eigenvalue weighted by atomic mass is 10.0. The summed E-state index contributed by atoms with van der Waals surface area (Å²) in [6.07, 6.45) is 0. The summed E-state index contributed by atoms with van der Waals surface area (Å²) in [6.45, 7) is 3.33. The van der Waals surface area contributed by atoms with Gasteiger partial charge in [0.05, 0.1) is 29.5 Å². The van der Waals surface area contributed by atoms with Gasteiger partial charge in [-0.25, -0.2) is 14.4 Å². The lowest BCUT2D eigenvalue weighted by Crippen LogP contribution is -2.50. The van der Waals surface area contributed by atoms with E-state index in [4.69, 9.17) is 9.47 Å². The molecule has 24 heavy (non-hydrogen) atoms. The van der Waals surface area contributed by atoms with Crippen molar-refractivity contribution >= 4 is 40.6 Å². The second-order valence-electron chi connectivity index (χ2n) is 5.02. The number of urea groups is 1. The van der Waals surface area contributed by atoms with Gasteiger partial charge < -0.3 is 20.1 Å². The molecule has 0 saturated carbocycles. The van der Waals surface area contributed by atoms with E-state index in [9.17, 15) is 14.4 Å². The molecule has 0 fully saturated rings. The first-order valence-corrected chi connectivity index (χ1v) is 8.40. The van der Waals surface area contributed by atoms with Crippen LogP contribution in [0.15, 0.2) is 35.5 Å². The summed E-state index contributed by atoms with van der Waals surface area (Å²) in [7, 11) is 0. The topological polar surface area (TPSA) is 93.7 Å². The third-order valence-corrected chi connectivity index (χ3v) is 3.94. The van der Waals surface area contributed by atoms with Crippen LogP contribution in [0.1, 0.15) is 24.2 Å². The molecule has 8 heteroatoms. The average Bonchev–Trinajstić information content (AvgIpc) is 2.52. The number of benzene rings is 1.